The Morgan fingerprint density at radius 3 is 2.65 bits per heavy atom. The fraction of sp³-hybridized carbons (Fsp3) is 0.0938. The van der Waals surface area contributed by atoms with E-state index in [4.69, 9.17) is 30.5 Å². The van der Waals surface area contributed by atoms with Crippen LogP contribution in [0, 0.1) is 6.92 Å². The lowest BCUT2D eigenvalue weighted by atomic mass is 10.1. The van der Waals surface area contributed by atoms with Crippen LogP contribution in [0.3, 0.4) is 0 Å². The summed E-state index contributed by atoms with van der Waals surface area (Å²) >= 11 is 6.41. The summed E-state index contributed by atoms with van der Waals surface area (Å²) in [4.78, 5) is 18.4. The second-order valence-corrected chi connectivity index (χ2v) is 9.70. The van der Waals surface area contributed by atoms with Crippen LogP contribution in [0.2, 0.25) is 5.02 Å². The average Bonchev–Trinajstić information content (AvgIpc) is 3.40. The molecule has 2 heterocycles. The van der Waals surface area contributed by atoms with Crippen LogP contribution in [0.15, 0.2) is 105 Å². The molecule has 0 aliphatic rings. The Morgan fingerprint density at radius 2 is 1.82 bits per heavy atom. The normalized spacial score (nSPS) is 11.5. The van der Waals surface area contributed by atoms with Crippen LogP contribution in [0.1, 0.15) is 16.7 Å². The summed E-state index contributed by atoms with van der Waals surface area (Å²) in [6.07, 6.45) is 1.52. The number of methoxy groups -OCH3 is 1. The average molecular weight is 550 g/mol. The van der Waals surface area contributed by atoms with Crippen LogP contribution in [0.25, 0.3) is 33.5 Å². The molecule has 6 rings (SSSR count). The van der Waals surface area contributed by atoms with Crippen LogP contribution in [0.5, 0.6) is 11.5 Å². The lowest BCUT2D eigenvalue weighted by molar-refractivity contribution is 0.284. The number of para-hydroxylation sites is 2. The molecule has 0 aliphatic carbocycles. The van der Waals surface area contributed by atoms with Crippen molar-refractivity contribution in [2.45, 2.75) is 13.5 Å². The van der Waals surface area contributed by atoms with Gasteiger partial charge in [0.1, 0.15) is 12.2 Å². The predicted molar refractivity (Wildman–Crippen MR) is 158 cm³/mol. The Bertz CT molecular complexity index is 1930. The Hall–Kier alpha value is -4.88. The molecule has 0 saturated carbocycles. The standard InChI is InChI=1S/C32H24ClN3O4/c1-20-8-7-9-21(14-20)19-39-30-23(15-24(33)17-28(30)38-2)18-34-36-31(29-16-22-10-3-6-13-27(22)40-29)35-26-12-5-4-11-25(26)32(36)37/h3-18H,19H2,1-2H3. The quantitative estimate of drug-likeness (QED) is 0.196. The van der Waals surface area contributed by atoms with Gasteiger partial charge in [0.15, 0.2) is 17.3 Å². The Balaban J connectivity index is 1.47. The number of ether oxygens (including phenoxy) is 2. The molecule has 6 aromatic rings. The molecule has 8 heteroatoms. The summed E-state index contributed by atoms with van der Waals surface area (Å²) in [6.45, 7) is 2.33. The Labute approximate surface area is 234 Å². The van der Waals surface area contributed by atoms with Gasteiger partial charge in [0.2, 0.25) is 5.82 Å². The van der Waals surface area contributed by atoms with Gasteiger partial charge in [-0.1, -0.05) is 71.8 Å². The van der Waals surface area contributed by atoms with Crippen molar-refractivity contribution in [3.63, 3.8) is 0 Å². The number of hydrogen-bond acceptors (Lipinski definition) is 6. The van der Waals surface area contributed by atoms with Crippen LogP contribution in [0.4, 0.5) is 0 Å². The number of fused-ring (bicyclic) bond motifs is 2. The summed E-state index contributed by atoms with van der Waals surface area (Å²) in [5.74, 6) is 1.58. The molecule has 4 aromatic carbocycles. The SMILES string of the molecule is COc1cc(Cl)cc(C=Nn2c(-c3cc4ccccc4o3)nc3ccccc3c2=O)c1OCc1cccc(C)c1. The van der Waals surface area contributed by atoms with Crippen molar-refractivity contribution in [3.8, 4) is 23.1 Å². The van der Waals surface area contributed by atoms with Gasteiger partial charge in [-0.3, -0.25) is 4.79 Å². The molecule has 0 amide bonds. The van der Waals surface area contributed by atoms with Gasteiger partial charge in [0.25, 0.3) is 5.56 Å². The molecule has 198 valence electrons. The molecule has 0 radical (unpaired) electrons. The Kier molecular flexibility index (Phi) is 6.80. The molecule has 7 nitrogen and oxygen atoms in total. The van der Waals surface area contributed by atoms with Gasteiger partial charge in [0, 0.05) is 22.0 Å². The molecule has 0 fully saturated rings. The third-order valence-corrected chi connectivity index (χ3v) is 6.66. The summed E-state index contributed by atoms with van der Waals surface area (Å²) in [5.41, 5.74) is 3.55. The van der Waals surface area contributed by atoms with Gasteiger partial charge in [-0.15, -0.1) is 0 Å². The number of halogens is 1. The molecule has 0 aliphatic heterocycles. The highest BCUT2D eigenvalue weighted by molar-refractivity contribution is 6.31. The van der Waals surface area contributed by atoms with Crippen molar-refractivity contribution in [1.82, 2.24) is 9.66 Å². The first-order valence-electron chi connectivity index (χ1n) is 12.6. The predicted octanol–water partition coefficient (Wildman–Crippen LogP) is 7.24. The number of nitrogens with zero attached hydrogens (tertiary/aromatic N) is 3. The minimum Gasteiger partial charge on any atom is -0.493 e. The van der Waals surface area contributed by atoms with Crippen LogP contribution < -0.4 is 15.0 Å². The second-order valence-electron chi connectivity index (χ2n) is 9.27. The van der Waals surface area contributed by atoms with E-state index >= 15 is 0 Å². The summed E-state index contributed by atoms with van der Waals surface area (Å²) in [7, 11) is 1.55. The number of benzene rings is 4. The van der Waals surface area contributed by atoms with E-state index in [1.807, 2.05) is 61.5 Å². The van der Waals surface area contributed by atoms with Crippen molar-refractivity contribution in [2.24, 2.45) is 5.10 Å². The van der Waals surface area contributed by atoms with E-state index in [1.54, 1.807) is 37.4 Å². The molecule has 0 unspecified atom stereocenters. The smallest absolute Gasteiger partial charge is 0.282 e. The highest BCUT2D eigenvalue weighted by Gasteiger charge is 2.17. The lowest BCUT2D eigenvalue weighted by Crippen LogP contribution is -2.20. The maximum atomic E-state index is 13.7. The monoisotopic (exact) mass is 549 g/mol. The second kappa shape index (κ2) is 10.7. The van der Waals surface area contributed by atoms with E-state index in [9.17, 15) is 4.79 Å². The third-order valence-electron chi connectivity index (χ3n) is 6.45. The van der Waals surface area contributed by atoms with E-state index < -0.39 is 0 Å². The molecule has 0 atom stereocenters. The first-order chi connectivity index (χ1) is 19.5. The van der Waals surface area contributed by atoms with Crippen molar-refractivity contribution in [2.75, 3.05) is 7.11 Å². The van der Waals surface area contributed by atoms with Gasteiger partial charge >= 0.3 is 0 Å². The maximum absolute atomic E-state index is 13.7. The third kappa shape index (κ3) is 4.95. The maximum Gasteiger partial charge on any atom is 0.282 e. The fourth-order valence-electron chi connectivity index (χ4n) is 4.55. The molecular weight excluding hydrogens is 526 g/mol. The molecule has 0 spiro atoms. The minimum absolute atomic E-state index is 0.271. The topological polar surface area (TPSA) is 78.9 Å². The Morgan fingerprint density at radius 1 is 1.00 bits per heavy atom. The molecule has 0 N–H and O–H groups in total. The van der Waals surface area contributed by atoms with Crippen molar-refractivity contribution < 1.29 is 13.9 Å². The molecule has 0 saturated heterocycles. The van der Waals surface area contributed by atoms with E-state index in [1.165, 1.54) is 10.9 Å². The van der Waals surface area contributed by atoms with Crippen molar-refractivity contribution in [1.29, 1.82) is 0 Å². The van der Waals surface area contributed by atoms with Gasteiger partial charge in [-0.2, -0.15) is 9.78 Å². The highest BCUT2D eigenvalue weighted by atomic mass is 35.5. The zero-order chi connectivity index (χ0) is 27.6. The number of hydrogen-bond donors (Lipinski definition) is 0. The van der Waals surface area contributed by atoms with Crippen LogP contribution >= 0.6 is 11.6 Å². The van der Waals surface area contributed by atoms with E-state index in [0.717, 1.165) is 16.5 Å². The fourth-order valence-corrected chi connectivity index (χ4v) is 4.77. The van der Waals surface area contributed by atoms with Crippen molar-refractivity contribution in [3.05, 3.63) is 123 Å². The zero-order valence-electron chi connectivity index (χ0n) is 21.8. The van der Waals surface area contributed by atoms with Gasteiger partial charge in [-0.25, -0.2) is 4.98 Å². The molecule has 0 bridgehead atoms. The molecular formula is C32H24ClN3O4. The largest absolute Gasteiger partial charge is 0.493 e. The zero-order valence-corrected chi connectivity index (χ0v) is 22.6. The summed E-state index contributed by atoms with van der Waals surface area (Å²) in [5, 5.41) is 6.33. The van der Waals surface area contributed by atoms with Crippen LogP contribution in [-0.2, 0) is 6.61 Å². The number of aryl methyl sites for hydroxylation is 1. The minimum atomic E-state index is -0.339. The van der Waals surface area contributed by atoms with E-state index in [-0.39, 0.29) is 11.4 Å². The van der Waals surface area contributed by atoms with Crippen molar-refractivity contribution >= 4 is 39.7 Å². The molecule has 40 heavy (non-hydrogen) atoms. The lowest BCUT2D eigenvalue weighted by Gasteiger charge is -2.14. The number of furan rings is 1. The molecule has 2 aromatic heterocycles. The number of aromatic nitrogens is 2. The van der Waals surface area contributed by atoms with Gasteiger partial charge in [-0.05, 0) is 42.8 Å². The first kappa shape index (κ1) is 25.4. The highest BCUT2D eigenvalue weighted by Crippen LogP contribution is 2.35. The van der Waals surface area contributed by atoms with Crippen LogP contribution in [-0.4, -0.2) is 23.0 Å². The van der Waals surface area contributed by atoms with Gasteiger partial charge < -0.3 is 13.9 Å². The van der Waals surface area contributed by atoms with E-state index in [2.05, 4.69) is 11.2 Å². The van der Waals surface area contributed by atoms with Gasteiger partial charge in [0.05, 0.1) is 24.2 Å². The summed E-state index contributed by atoms with van der Waals surface area (Å²) in [6, 6.07) is 28.0. The first-order valence-corrected chi connectivity index (χ1v) is 13.0. The van der Waals surface area contributed by atoms with E-state index in [0.29, 0.717) is 50.9 Å². The number of rotatable bonds is 7. The summed E-state index contributed by atoms with van der Waals surface area (Å²) < 4.78 is 19.1.